The molecule has 2 unspecified atom stereocenters. The summed E-state index contributed by atoms with van der Waals surface area (Å²) in [5, 5.41) is 9.65. The van der Waals surface area contributed by atoms with Crippen molar-refractivity contribution < 1.29 is 13.9 Å². The summed E-state index contributed by atoms with van der Waals surface area (Å²) in [7, 11) is 0. The van der Waals surface area contributed by atoms with Crippen LogP contribution < -0.4 is 0 Å². The van der Waals surface area contributed by atoms with Gasteiger partial charge in [0.25, 0.3) is 0 Å². The first kappa shape index (κ1) is 17.0. The maximum Gasteiger partial charge on any atom is 0.191 e. The van der Waals surface area contributed by atoms with Crippen molar-refractivity contribution in [3.05, 3.63) is 30.1 Å². The molecule has 2 aliphatic heterocycles. The average molecular weight is 363 g/mol. The Labute approximate surface area is 150 Å². The second-order valence-corrected chi connectivity index (χ2v) is 7.49. The lowest BCUT2D eigenvalue weighted by atomic mass is 10.2. The summed E-state index contributed by atoms with van der Waals surface area (Å²) >= 11 is 1.68. The predicted octanol–water partition coefficient (Wildman–Crippen LogP) is 3.53. The highest BCUT2D eigenvalue weighted by atomic mass is 32.2. The zero-order valence-electron chi connectivity index (χ0n) is 14.1. The highest BCUT2D eigenvalue weighted by Crippen LogP contribution is 2.28. The molecule has 0 spiro atoms. The minimum atomic E-state index is -0.248. The van der Waals surface area contributed by atoms with E-state index in [4.69, 9.17) is 9.47 Å². The third kappa shape index (κ3) is 4.04. The summed E-state index contributed by atoms with van der Waals surface area (Å²) in [6, 6.07) is 6.42. The molecule has 2 aromatic rings. The van der Waals surface area contributed by atoms with Gasteiger partial charge in [-0.15, -0.1) is 10.2 Å². The van der Waals surface area contributed by atoms with E-state index in [1.807, 2.05) is 0 Å². The first-order valence-electron chi connectivity index (χ1n) is 8.85. The van der Waals surface area contributed by atoms with Gasteiger partial charge in [-0.3, -0.25) is 4.57 Å². The number of aromatic nitrogens is 3. The molecule has 0 radical (unpaired) electrons. The molecule has 2 aliphatic rings. The molecule has 2 saturated heterocycles. The fourth-order valence-electron chi connectivity index (χ4n) is 3.31. The van der Waals surface area contributed by atoms with E-state index in [0.29, 0.717) is 6.10 Å². The Hall–Kier alpha value is -1.44. The Balaban J connectivity index is 1.57. The third-order valence-electron chi connectivity index (χ3n) is 4.65. The van der Waals surface area contributed by atoms with E-state index < -0.39 is 0 Å². The standard InChI is InChI=1S/C18H22FN3O2S/c19-14-7-5-13(6-8-14)17-20-21-18(25-12-16-4-2-10-24-16)22(17)11-15-3-1-9-23-15/h5-8,15-16H,1-4,9-12H2. The Bertz CT molecular complexity index is 695. The molecule has 0 saturated carbocycles. The molecule has 2 fully saturated rings. The van der Waals surface area contributed by atoms with Crippen molar-refractivity contribution in [1.29, 1.82) is 0 Å². The van der Waals surface area contributed by atoms with E-state index in [2.05, 4.69) is 14.8 Å². The Kier molecular flexibility index (Phi) is 5.33. The van der Waals surface area contributed by atoms with Crippen LogP contribution >= 0.6 is 11.8 Å². The molecule has 1 aromatic carbocycles. The minimum absolute atomic E-state index is 0.192. The summed E-state index contributed by atoms with van der Waals surface area (Å²) < 4.78 is 26.9. The lowest BCUT2D eigenvalue weighted by Crippen LogP contribution is -2.17. The van der Waals surface area contributed by atoms with Gasteiger partial charge in [0.1, 0.15) is 5.82 Å². The van der Waals surface area contributed by atoms with Gasteiger partial charge in [-0.2, -0.15) is 0 Å². The maximum absolute atomic E-state index is 13.2. The number of thioether (sulfide) groups is 1. The zero-order chi connectivity index (χ0) is 17.1. The zero-order valence-corrected chi connectivity index (χ0v) is 14.9. The molecule has 134 valence electrons. The lowest BCUT2D eigenvalue weighted by molar-refractivity contribution is 0.0953. The molecule has 0 bridgehead atoms. The van der Waals surface area contributed by atoms with Crippen LogP contribution in [0.5, 0.6) is 0 Å². The molecule has 0 aliphatic carbocycles. The number of rotatable bonds is 6. The lowest BCUT2D eigenvalue weighted by Gasteiger charge is -2.15. The Morgan fingerprint density at radius 2 is 1.76 bits per heavy atom. The van der Waals surface area contributed by atoms with Gasteiger partial charge in [-0.25, -0.2) is 4.39 Å². The van der Waals surface area contributed by atoms with Gasteiger partial charge in [0.15, 0.2) is 11.0 Å². The van der Waals surface area contributed by atoms with Gasteiger partial charge < -0.3 is 9.47 Å². The SMILES string of the molecule is Fc1ccc(-c2nnc(SCC3CCCO3)n2CC2CCCO2)cc1. The average Bonchev–Trinajstić information content (AvgIpc) is 3.37. The predicted molar refractivity (Wildman–Crippen MR) is 94.1 cm³/mol. The normalized spacial score (nSPS) is 23.4. The first-order valence-corrected chi connectivity index (χ1v) is 9.83. The first-order chi connectivity index (χ1) is 12.3. The molecule has 3 heterocycles. The molecular weight excluding hydrogens is 341 g/mol. The molecule has 7 heteroatoms. The molecule has 1 aromatic heterocycles. The van der Waals surface area contributed by atoms with Crippen molar-refractivity contribution in [2.75, 3.05) is 19.0 Å². The minimum Gasteiger partial charge on any atom is -0.377 e. The van der Waals surface area contributed by atoms with Crippen molar-refractivity contribution in [1.82, 2.24) is 14.8 Å². The third-order valence-corrected chi connectivity index (χ3v) is 5.75. The van der Waals surface area contributed by atoms with Gasteiger partial charge in [-0.1, -0.05) is 11.8 Å². The van der Waals surface area contributed by atoms with Crippen LogP contribution in [0.1, 0.15) is 25.7 Å². The van der Waals surface area contributed by atoms with E-state index in [-0.39, 0.29) is 11.9 Å². The highest BCUT2D eigenvalue weighted by molar-refractivity contribution is 7.99. The summed E-state index contributed by atoms with van der Waals surface area (Å²) in [5.41, 5.74) is 0.871. The second kappa shape index (κ2) is 7.85. The largest absolute Gasteiger partial charge is 0.377 e. The summed E-state index contributed by atoms with van der Waals surface area (Å²) in [4.78, 5) is 0. The molecule has 0 N–H and O–H groups in total. The van der Waals surface area contributed by atoms with Crippen LogP contribution in [0.2, 0.25) is 0 Å². The van der Waals surface area contributed by atoms with Crippen molar-refractivity contribution in [2.45, 2.75) is 49.6 Å². The van der Waals surface area contributed by atoms with Crippen LogP contribution in [0.25, 0.3) is 11.4 Å². The van der Waals surface area contributed by atoms with Crippen molar-refractivity contribution in [2.24, 2.45) is 0 Å². The molecule has 0 amide bonds. The van der Waals surface area contributed by atoms with Crippen LogP contribution in [0.4, 0.5) is 4.39 Å². The van der Waals surface area contributed by atoms with E-state index in [9.17, 15) is 4.39 Å². The number of benzene rings is 1. The Morgan fingerprint density at radius 1 is 1.04 bits per heavy atom. The molecule has 25 heavy (non-hydrogen) atoms. The van der Waals surface area contributed by atoms with E-state index in [0.717, 1.165) is 67.7 Å². The van der Waals surface area contributed by atoms with E-state index >= 15 is 0 Å². The number of hydrogen-bond donors (Lipinski definition) is 0. The van der Waals surface area contributed by atoms with Crippen molar-refractivity contribution in [3.63, 3.8) is 0 Å². The van der Waals surface area contributed by atoms with Crippen LogP contribution in [0, 0.1) is 5.82 Å². The van der Waals surface area contributed by atoms with Crippen LogP contribution in [-0.2, 0) is 16.0 Å². The quantitative estimate of drug-likeness (QED) is 0.735. The van der Waals surface area contributed by atoms with E-state index in [1.165, 1.54) is 12.1 Å². The van der Waals surface area contributed by atoms with E-state index in [1.54, 1.807) is 23.9 Å². The number of nitrogens with zero attached hydrogens (tertiary/aromatic N) is 3. The maximum atomic E-state index is 13.2. The summed E-state index contributed by atoms with van der Waals surface area (Å²) in [6.45, 7) is 2.40. The topological polar surface area (TPSA) is 49.2 Å². The van der Waals surface area contributed by atoms with Gasteiger partial charge in [0.2, 0.25) is 0 Å². The molecular formula is C18H22FN3O2S. The van der Waals surface area contributed by atoms with Crippen molar-refractivity contribution >= 4 is 11.8 Å². The molecule has 5 nitrogen and oxygen atoms in total. The summed E-state index contributed by atoms with van der Waals surface area (Å²) in [6.07, 6.45) is 4.88. The fourth-order valence-corrected chi connectivity index (χ4v) is 4.32. The second-order valence-electron chi connectivity index (χ2n) is 6.50. The smallest absolute Gasteiger partial charge is 0.191 e. The number of hydrogen-bond acceptors (Lipinski definition) is 5. The Morgan fingerprint density at radius 3 is 2.44 bits per heavy atom. The van der Waals surface area contributed by atoms with Crippen molar-refractivity contribution in [3.8, 4) is 11.4 Å². The monoisotopic (exact) mass is 363 g/mol. The van der Waals surface area contributed by atoms with Crippen LogP contribution in [0.3, 0.4) is 0 Å². The van der Waals surface area contributed by atoms with Crippen LogP contribution in [0.15, 0.2) is 29.4 Å². The number of ether oxygens (including phenoxy) is 2. The molecule has 2 atom stereocenters. The van der Waals surface area contributed by atoms with Crippen LogP contribution in [-0.4, -0.2) is 45.9 Å². The highest BCUT2D eigenvalue weighted by Gasteiger charge is 2.23. The fraction of sp³-hybridized carbons (Fsp3) is 0.556. The van der Waals surface area contributed by atoms with Gasteiger partial charge in [0, 0.05) is 24.5 Å². The molecule has 4 rings (SSSR count). The van der Waals surface area contributed by atoms with Gasteiger partial charge in [-0.05, 0) is 49.9 Å². The summed E-state index contributed by atoms with van der Waals surface area (Å²) in [5.74, 6) is 1.40. The van der Waals surface area contributed by atoms with Gasteiger partial charge in [0.05, 0.1) is 18.8 Å². The number of halogens is 1. The van der Waals surface area contributed by atoms with Gasteiger partial charge >= 0.3 is 0 Å².